The maximum atomic E-state index is 6.32. The molecule has 0 spiro atoms. The highest BCUT2D eigenvalue weighted by Crippen LogP contribution is 2.45. The second-order valence-electron chi connectivity index (χ2n) is 11.3. The summed E-state index contributed by atoms with van der Waals surface area (Å²) in [4.78, 5) is 0. The molecule has 0 N–H and O–H groups in total. The smallest absolute Gasteiger partial charge is 0.136 e. The van der Waals surface area contributed by atoms with Gasteiger partial charge in [-0.1, -0.05) is 133 Å². The molecule has 0 radical (unpaired) electrons. The van der Waals surface area contributed by atoms with E-state index >= 15 is 0 Å². The summed E-state index contributed by atoms with van der Waals surface area (Å²) in [5.74, 6) is 0. The van der Waals surface area contributed by atoms with E-state index < -0.39 is 0 Å². The Morgan fingerprint density at radius 1 is 0.302 bits per heavy atom. The fourth-order valence-electron chi connectivity index (χ4n) is 6.93. The van der Waals surface area contributed by atoms with E-state index in [1.54, 1.807) is 0 Å². The Bertz CT molecular complexity index is 2440. The lowest BCUT2D eigenvalue weighted by molar-refractivity contribution is 0.669. The first-order chi connectivity index (χ1) is 21.3. The lowest BCUT2D eigenvalue weighted by Gasteiger charge is -2.18. The van der Waals surface area contributed by atoms with Gasteiger partial charge in [0.05, 0.1) is 0 Å². The van der Waals surface area contributed by atoms with Gasteiger partial charge in [0.1, 0.15) is 11.2 Å². The number of benzene rings is 8. The first-order valence-corrected chi connectivity index (χ1v) is 14.8. The fraction of sp³-hybridized carbons (Fsp3) is 0. The second-order valence-corrected chi connectivity index (χ2v) is 11.3. The highest BCUT2D eigenvalue weighted by Gasteiger charge is 2.18. The van der Waals surface area contributed by atoms with E-state index in [4.69, 9.17) is 4.42 Å². The monoisotopic (exact) mass is 546 g/mol. The van der Waals surface area contributed by atoms with Crippen LogP contribution in [-0.2, 0) is 0 Å². The zero-order chi connectivity index (χ0) is 28.3. The Hall–Kier alpha value is -5.66. The van der Waals surface area contributed by atoms with E-state index in [1.807, 2.05) is 12.1 Å². The first kappa shape index (κ1) is 24.0. The lowest BCUT2D eigenvalue weighted by atomic mass is 9.85. The summed E-state index contributed by atoms with van der Waals surface area (Å²) in [6, 6.07) is 56.8. The van der Waals surface area contributed by atoms with Crippen LogP contribution in [0.3, 0.4) is 0 Å². The van der Waals surface area contributed by atoms with Gasteiger partial charge in [-0.15, -0.1) is 0 Å². The molecule has 1 heteroatoms. The van der Waals surface area contributed by atoms with Crippen molar-refractivity contribution in [1.82, 2.24) is 0 Å². The molecule has 0 saturated carbocycles. The molecule has 0 aliphatic carbocycles. The number of hydrogen-bond donors (Lipinski definition) is 0. The minimum Gasteiger partial charge on any atom is -0.456 e. The summed E-state index contributed by atoms with van der Waals surface area (Å²) in [5.41, 5.74) is 9.22. The van der Waals surface area contributed by atoms with Gasteiger partial charge in [0.25, 0.3) is 0 Å². The van der Waals surface area contributed by atoms with Gasteiger partial charge in [-0.05, 0) is 90.0 Å². The van der Waals surface area contributed by atoms with E-state index in [-0.39, 0.29) is 0 Å². The summed E-state index contributed by atoms with van der Waals surface area (Å²) in [6.45, 7) is 0. The molecule has 200 valence electrons. The standard InChI is InChI=1S/C42H26O/c1-2-11-27(12-3-1)31-19-10-13-28-21-22-29(25-38(28)31)41-34-15-4-6-17-36(34)42(37-18-7-5-16-35(37)41)30-23-24-33-32-14-8-9-20-39(32)43-40(33)26-30/h1-26H. The van der Waals surface area contributed by atoms with Gasteiger partial charge in [-0.2, -0.15) is 0 Å². The highest BCUT2D eigenvalue weighted by molar-refractivity contribution is 6.22. The molecule has 43 heavy (non-hydrogen) atoms. The van der Waals surface area contributed by atoms with Crippen molar-refractivity contribution >= 4 is 54.3 Å². The largest absolute Gasteiger partial charge is 0.456 e. The van der Waals surface area contributed by atoms with Gasteiger partial charge in [0.2, 0.25) is 0 Å². The predicted molar refractivity (Wildman–Crippen MR) is 183 cm³/mol. The minimum atomic E-state index is 0.916. The zero-order valence-corrected chi connectivity index (χ0v) is 23.4. The molecule has 0 atom stereocenters. The van der Waals surface area contributed by atoms with Crippen LogP contribution < -0.4 is 0 Å². The maximum absolute atomic E-state index is 6.32. The van der Waals surface area contributed by atoms with E-state index in [9.17, 15) is 0 Å². The molecule has 0 fully saturated rings. The summed E-state index contributed by atoms with van der Waals surface area (Å²) >= 11 is 0. The van der Waals surface area contributed by atoms with Crippen molar-refractivity contribution in [3.05, 3.63) is 158 Å². The van der Waals surface area contributed by atoms with Crippen molar-refractivity contribution in [3.8, 4) is 33.4 Å². The lowest BCUT2D eigenvalue weighted by Crippen LogP contribution is -1.91. The van der Waals surface area contributed by atoms with Crippen LogP contribution in [0.5, 0.6) is 0 Å². The zero-order valence-electron chi connectivity index (χ0n) is 23.4. The van der Waals surface area contributed by atoms with Gasteiger partial charge in [0, 0.05) is 10.8 Å². The predicted octanol–water partition coefficient (Wildman–Crippen LogP) is 12.0. The van der Waals surface area contributed by atoms with Gasteiger partial charge in [0.15, 0.2) is 0 Å². The van der Waals surface area contributed by atoms with Gasteiger partial charge < -0.3 is 4.42 Å². The van der Waals surface area contributed by atoms with Crippen molar-refractivity contribution in [1.29, 1.82) is 0 Å². The Labute approximate surface area is 249 Å². The van der Waals surface area contributed by atoms with E-state index in [2.05, 4.69) is 146 Å². The third-order valence-electron chi connectivity index (χ3n) is 8.85. The SMILES string of the molecule is c1ccc(-c2cccc3ccc(-c4c5ccccc5c(-c5ccc6c(c5)oc5ccccc56)c5ccccc45)cc23)cc1. The summed E-state index contributed by atoms with van der Waals surface area (Å²) < 4.78 is 6.32. The molecule has 9 rings (SSSR count). The summed E-state index contributed by atoms with van der Waals surface area (Å²) in [7, 11) is 0. The molecule has 0 amide bonds. The molecule has 9 aromatic rings. The average Bonchev–Trinajstić information content (AvgIpc) is 3.45. The molecule has 0 unspecified atom stereocenters. The molecular formula is C42H26O. The van der Waals surface area contributed by atoms with Crippen molar-refractivity contribution < 1.29 is 4.42 Å². The van der Waals surface area contributed by atoms with Crippen LogP contribution in [0.25, 0.3) is 87.6 Å². The number of para-hydroxylation sites is 1. The Balaban J connectivity index is 1.34. The summed E-state index contributed by atoms with van der Waals surface area (Å²) in [5, 5.41) is 9.78. The van der Waals surface area contributed by atoms with Crippen molar-refractivity contribution in [2.75, 3.05) is 0 Å². The normalized spacial score (nSPS) is 11.7. The third kappa shape index (κ3) is 3.72. The molecule has 0 aliphatic heterocycles. The van der Waals surface area contributed by atoms with Crippen LogP contribution >= 0.6 is 0 Å². The Morgan fingerprint density at radius 3 is 1.56 bits per heavy atom. The van der Waals surface area contributed by atoms with E-state index in [1.165, 1.54) is 60.1 Å². The average molecular weight is 547 g/mol. The van der Waals surface area contributed by atoms with Crippen LogP contribution in [-0.4, -0.2) is 0 Å². The number of furan rings is 1. The topological polar surface area (TPSA) is 13.1 Å². The molecule has 1 heterocycles. The fourth-order valence-corrected chi connectivity index (χ4v) is 6.93. The van der Waals surface area contributed by atoms with Crippen LogP contribution in [0, 0.1) is 0 Å². The quantitative estimate of drug-likeness (QED) is 0.201. The molecular weight excluding hydrogens is 520 g/mol. The maximum Gasteiger partial charge on any atom is 0.136 e. The van der Waals surface area contributed by atoms with Crippen LogP contribution in [0.15, 0.2) is 162 Å². The van der Waals surface area contributed by atoms with Crippen molar-refractivity contribution in [2.45, 2.75) is 0 Å². The molecule has 8 aromatic carbocycles. The van der Waals surface area contributed by atoms with Crippen molar-refractivity contribution in [3.63, 3.8) is 0 Å². The molecule has 0 saturated heterocycles. The Morgan fingerprint density at radius 2 is 0.860 bits per heavy atom. The van der Waals surface area contributed by atoms with Crippen molar-refractivity contribution in [2.24, 2.45) is 0 Å². The number of rotatable bonds is 3. The molecule has 1 aromatic heterocycles. The van der Waals surface area contributed by atoms with E-state index in [0.717, 1.165) is 27.5 Å². The van der Waals surface area contributed by atoms with Crippen LogP contribution in [0.2, 0.25) is 0 Å². The highest BCUT2D eigenvalue weighted by atomic mass is 16.3. The number of fused-ring (bicyclic) bond motifs is 6. The molecule has 1 nitrogen and oxygen atoms in total. The first-order valence-electron chi connectivity index (χ1n) is 14.8. The summed E-state index contributed by atoms with van der Waals surface area (Å²) in [6.07, 6.45) is 0. The Kier molecular flexibility index (Phi) is 5.27. The van der Waals surface area contributed by atoms with Gasteiger partial charge >= 0.3 is 0 Å². The van der Waals surface area contributed by atoms with Gasteiger partial charge in [-0.3, -0.25) is 0 Å². The van der Waals surface area contributed by atoms with Gasteiger partial charge in [-0.25, -0.2) is 0 Å². The number of hydrogen-bond acceptors (Lipinski definition) is 1. The molecule has 0 aliphatic rings. The van der Waals surface area contributed by atoms with Crippen LogP contribution in [0.1, 0.15) is 0 Å². The van der Waals surface area contributed by atoms with Crippen LogP contribution in [0.4, 0.5) is 0 Å². The van der Waals surface area contributed by atoms with E-state index in [0.29, 0.717) is 0 Å². The third-order valence-corrected chi connectivity index (χ3v) is 8.85. The second kappa shape index (κ2) is 9.44. The molecule has 0 bridgehead atoms. The minimum absolute atomic E-state index is 0.916.